The topological polar surface area (TPSA) is 105 Å². The molecule has 2 atom stereocenters. The molecule has 0 saturated heterocycles. The molecule has 1 saturated carbocycles. The summed E-state index contributed by atoms with van der Waals surface area (Å²) in [7, 11) is 0. The molecule has 8 heteroatoms. The van der Waals surface area contributed by atoms with Gasteiger partial charge in [0.15, 0.2) is 0 Å². The number of ether oxygens (including phenoxy) is 1. The average Bonchev–Trinajstić information content (AvgIpc) is 3.58. The van der Waals surface area contributed by atoms with Crippen LogP contribution in [0.15, 0.2) is 71.2 Å². The van der Waals surface area contributed by atoms with E-state index in [1.807, 2.05) is 24.3 Å². The summed E-state index contributed by atoms with van der Waals surface area (Å²) in [6.45, 7) is 0.488. The van der Waals surface area contributed by atoms with Gasteiger partial charge in [-0.05, 0) is 68.7 Å². The van der Waals surface area contributed by atoms with Gasteiger partial charge in [0, 0.05) is 22.6 Å². The zero-order valence-corrected chi connectivity index (χ0v) is 20.2. The third-order valence-corrected chi connectivity index (χ3v) is 7.26. The number of carbonyl (C=O) groups is 3. The molecule has 0 heterocycles. The molecular formula is C27H23BrN2O5. The molecule has 2 amide bonds. The first-order valence-electron chi connectivity index (χ1n) is 11.3. The molecule has 0 radical (unpaired) electrons. The molecule has 0 unspecified atom stereocenters. The lowest BCUT2D eigenvalue weighted by Crippen LogP contribution is -2.27. The minimum atomic E-state index is -0.834. The Labute approximate surface area is 210 Å². The number of hydrogen-bond acceptors (Lipinski definition) is 4. The maximum Gasteiger partial charge on any atom is 0.411 e. The van der Waals surface area contributed by atoms with Crippen molar-refractivity contribution in [2.24, 2.45) is 11.8 Å². The molecule has 5 rings (SSSR count). The lowest BCUT2D eigenvalue weighted by Gasteiger charge is -2.15. The van der Waals surface area contributed by atoms with E-state index in [9.17, 15) is 14.4 Å². The number of carboxylic acids is 1. The minimum absolute atomic E-state index is 0.0441. The van der Waals surface area contributed by atoms with Crippen molar-refractivity contribution in [1.82, 2.24) is 5.32 Å². The second-order valence-corrected chi connectivity index (χ2v) is 9.65. The number of halogens is 1. The predicted molar refractivity (Wildman–Crippen MR) is 134 cm³/mol. The van der Waals surface area contributed by atoms with Gasteiger partial charge in [0.25, 0.3) is 5.91 Å². The largest absolute Gasteiger partial charge is 0.481 e. The highest BCUT2D eigenvalue weighted by atomic mass is 79.9. The van der Waals surface area contributed by atoms with Gasteiger partial charge in [-0.2, -0.15) is 0 Å². The van der Waals surface area contributed by atoms with E-state index in [2.05, 4.69) is 50.8 Å². The van der Waals surface area contributed by atoms with Crippen LogP contribution < -0.4 is 10.6 Å². The van der Waals surface area contributed by atoms with Crippen molar-refractivity contribution in [2.45, 2.75) is 12.3 Å². The second kappa shape index (κ2) is 9.54. The first-order valence-corrected chi connectivity index (χ1v) is 12.1. The number of carbonyl (C=O) groups excluding carboxylic acids is 2. The fourth-order valence-corrected chi connectivity index (χ4v) is 5.05. The molecule has 3 aromatic carbocycles. The van der Waals surface area contributed by atoms with Crippen molar-refractivity contribution in [3.05, 3.63) is 87.9 Å². The van der Waals surface area contributed by atoms with Crippen LogP contribution in [-0.4, -0.2) is 36.2 Å². The third-order valence-electron chi connectivity index (χ3n) is 6.57. The van der Waals surface area contributed by atoms with Gasteiger partial charge in [-0.25, -0.2) is 4.79 Å². The molecule has 0 bridgehead atoms. The Morgan fingerprint density at radius 3 is 2.26 bits per heavy atom. The fraction of sp³-hybridized carbons (Fsp3) is 0.222. The third kappa shape index (κ3) is 4.79. The Kier molecular flexibility index (Phi) is 6.30. The molecule has 3 N–H and O–H groups in total. The summed E-state index contributed by atoms with van der Waals surface area (Å²) >= 11 is 3.36. The van der Waals surface area contributed by atoms with Crippen molar-refractivity contribution in [3.63, 3.8) is 0 Å². The van der Waals surface area contributed by atoms with Crippen LogP contribution >= 0.6 is 15.9 Å². The Morgan fingerprint density at radius 2 is 1.63 bits per heavy atom. The fourth-order valence-electron chi connectivity index (χ4n) is 4.62. The monoisotopic (exact) mass is 534 g/mol. The van der Waals surface area contributed by atoms with E-state index in [-0.39, 0.29) is 30.3 Å². The van der Waals surface area contributed by atoms with Crippen molar-refractivity contribution in [3.8, 4) is 11.1 Å². The molecule has 35 heavy (non-hydrogen) atoms. The van der Waals surface area contributed by atoms with Gasteiger partial charge >= 0.3 is 12.1 Å². The van der Waals surface area contributed by atoms with E-state index in [1.165, 1.54) is 0 Å². The summed E-state index contributed by atoms with van der Waals surface area (Å²) in [5.74, 6) is -1.65. The number of carboxylic acid groups (broad SMARTS) is 1. The van der Waals surface area contributed by atoms with Gasteiger partial charge in [-0.1, -0.05) is 48.5 Å². The van der Waals surface area contributed by atoms with E-state index in [4.69, 9.17) is 9.84 Å². The zero-order chi connectivity index (χ0) is 24.5. The first kappa shape index (κ1) is 23.1. The number of rotatable bonds is 7. The van der Waals surface area contributed by atoms with Gasteiger partial charge in [0.2, 0.25) is 0 Å². The number of nitrogens with one attached hydrogen (secondary N) is 2. The van der Waals surface area contributed by atoms with E-state index in [1.54, 1.807) is 18.2 Å². The van der Waals surface area contributed by atoms with Crippen LogP contribution in [0.1, 0.15) is 33.8 Å². The highest BCUT2D eigenvalue weighted by Gasteiger charge is 2.43. The zero-order valence-electron chi connectivity index (χ0n) is 18.7. The Balaban J connectivity index is 1.21. The summed E-state index contributed by atoms with van der Waals surface area (Å²) < 4.78 is 6.15. The van der Waals surface area contributed by atoms with Crippen LogP contribution in [0.3, 0.4) is 0 Å². The normalized spacial score (nSPS) is 17.7. The van der Waals surface area contributed by atoms with Crippen LogP contribution in [-0.2, 0) is 9.53 Å². The molecule has 178 valence electrons. The standard InChI is InChI=1S/C27H23BrN2O5/c28-24-10-9-16(12-22(24)25(31)29-13-15-11-21(15)26(32)33)30-27(34)35-14-23-19-7-3-1-5-17(19)18-6-2-4-8-20(18)23/h1-10,12,15,21,23H,11,13-14H2,(H,29,31)(H,30,34)(H,32,33)/t15-,21-/m1/s1. The SMILES string of the molecule is O=C(Nc1ccc(Br)c(C(=O)NC[C@H]2C[C@H]2C(=O)O)c1)OCC1c2ccccc2-c2ccccc21. The van der Waals surface area contributed by atoms with Gasteiger partial charge in [-0.15, -0.1) is 0 Å². The van der Waals surface area contributed by atoms with E-state index in [0.717, 1.165) is 22.3 Å². The van der Waals surface area contributed by atoms with Crippen LogP contribution in [0.5, 0.6) is 0 Å². The quantitative estimate of drug-likeness (QED) is 0.383. The summed E-state index contributed by atoms with van der Waals surface area (Å²) in [6.07, 6.45) is -0.0389. The van der Waals surface area contributed by atoms with Crippen molar-refractivity contribution in [2.75, 3.05) is 18.5 Å². The molecular weight excluding hydrogens is 512 g/mol. The Hall–Kier alpha value is -3.65. The smallest absolute Gasteiger partial charge is 0.411 e. The molecule has 2 aliphatic rings. The minimum Gasteiger partial charge on any atom is -0.481 e. The lowest BCUT2D eigenvalue weighted by atomic mass is 9.98. The van der Waals surface area contributed by atoms with Crippen LogP contribution in [0.4, 0.5) is 10.5 Å². The number of aliphatic carboxylic acids is 1. The average molecular weight is 535 g/mol. The number of fused-ring (bicyclic) bond motifs is 3. The highest BCUT2D eigenvalue weighted by molar-refractivity contribution is 9.10. The van der Waals surface area contributed by atoms with Crippen LogP contribution in [0, 0.1) is 11.8 Å². The highest BCUT2D eigenvalue weighted by Crippen LogP contribution is 2.44. The summed E-state index contributed by atoms with van der Waals surface area (Å²) in [5, 5.41) is 14.5. The maximum absolute atomic E-state index is 12.6. The molecule has 3 aromatic rings. The summed E-state index contributed by atoms with van der Waals surface area (Å²) in [5.41, 5.74) is 5.33. The molecule has 0 spiro atoms. The van der Waals surface area contributed by atoms with Crippen molar-refractivity contribution >= 4 is 39.6 Å². The van der Waals surface area contributed by atoms with Gasteiger partial charge in [0.1, 0.15) is 6.61 Å². The molecule has 0 aromatic heterocycles. The van der Waals surface area contributed by atoms with Gasteiger partial charge < -0.3 is 15.2 Å². The Bertz CT molecular complexity index is 1280. The lowest BCUT2D eigenvalue weighted by molar-refractivity contribution is -0.138. The summed E-state index contributed by atoms with van der Waals surface area (Å²) in [6, 6.07) is 21.1. The van der Waals surface area contributed by atoms with Crippen LogP contribution in [0.2, 0.25) is 0 Å². The second-order valence-electron chi connectivity index (χ2n) is 8.80. The predicted octanol–water partition coefficient (Wildman–Crippen LogP) is 5.26. The number of hydrogen-bond donors (Lipinski definition) is 3. The molecule has 0 aliphatic heterocycles. The van der Waals surface area contributed by atoms with E-state index in [0.29, 0.717) is 28.7 Å². The van der Waals surface area contributed by atoms with Crippen molar-refractivity contribution < 1.29 is 24.2 Å². The number of amides is 2. The number of anilines is 1. The summed E-state index contributed by atoms with van der Waals surface area (Å²) in [4.78, 5) is 36.2. The molecule has 7 nitrogen and oxygen atoms in total. The Morgan fingerprint density at radius 1 is 0.971 bits per heavy atom. The van der Waals surface area contributed by atoms with E-state index >= 15 is 0 Å². The van der Waals surface area contributed by atoms with Crippen LogP contribution in [0.25, 0.3) is 11.1 Å². The first-order chi connectivity index (χ1) is 16.9. The number of benzene rings is 3. The molecule has 1 fully saturated rings. The molecule has 2 aliphatic carbocycles. The van der Waals surface area contributed by atoms with Crippen molar-refractivity contribution in [1.29, 1.82) is 0 Å². The maximum atomic E-state index is 12.6. The van der Waals surface area contributed by atoms with E-state index < -0.39 is 12.1 Å². The van der Waals surface area contributed by atoms with Gasteiger partial charge in [-0.3, -0.25) is 14.9 Å². The van der Waals surface area contributed by atoms with Gasteiger partial charge in [0.05, 0.1) is 11.5 Å².